The van der Waals surface area contributed by atoms with Gasteiger partial charge in [0.1, 0.15) is 0 Å². The Morgan fingerprint density at radius 2 is 1.88 bits per heavy atom. The van der Waals surface area contributed by atoms with Crippen LogP contribution in [-0.2, 0) is 14.4 Å². The van der Waals surface area contributed by atoms with Gasteiger partial charge in [-0.15, -0.1) is 0 Å². The molecule has 0 bridgehead atoms. The number of hydrogen-bond acceptors (Lipinski definition) is 3. The Bertz CT molecular complexity index is 862. The second-order valence-electron chi connectivity index (χ2n) is 6.41. The number of carbonyl (C=O) groups excluding carboxylic acids is 2. The van der Waals surface area contributed by atoms with Crippen LogP contribution in [0.3, 0.4) is 0 Å². The zero-order valence-electron chi connectivity index (χ0n) is 14.4. The molecule has 0 spiro atoms. The fourth-order valence-electron chi connectivity index (χ4n) is 3.31. The SMILES string of the molecule is Cc1ccccc1[C@@H](CC(=O)O)NC(=O)[C@@H]1CC(=O)Nc2ccccc21. The molecule has 0 aliphatic carbocycles. The average Bonchev–Trinajstić information content (AvgIpc) is 2.60. The number of carboxylic acid groups (broad SMARTS) is 1. The quantitative estimate of drug-likeness (QED) is 0.771. The number of carboxylic acids is 1. The first-order chi connectivity index (χ1) is 12.5. The van der Waals surface area contributed by atoms with Crippen LogP contribution in [0.5, 0.6) is 0 Å². The Hall–Kier alpha value is -3.15. The standard InChI is InChI=1S/C20H20N2O4/c1-12-6-2-3-7-13(12)17(11-19(24)25)22-20(26)15-10-18(23)21-16-9-5-4-8-14(15)16/h2-9,15,17H,10-11H2,1H3,(H,21,23)(H,22,26)(H,24,25)/t15-,17-/m1/s1. The van der Waals surface area contributed by atoms with Gasteiger partial charge in [0.05, 0.1) is 18.4 Å². The largest absolute Gasteiger partial charge is 0.481 e. The Morgan fingerprint density at radius 1 is 1.19 bits per heavy atom. The lowest BCUT2D eigenvalue weighted by atomic mass is 9.89. The molecule has 134 valence electrons. The van der Waals surface area contributed by atoms with Gasteiger partial charge in [0.2, 0.25) is 11.8 Å². The van der Waals surface area contributed by atoms with E-state index in [1.165, 1.54) is 0 Å². The highest BCUT2D eigenvalue weighted by Gasteiger charge is 2.32. The van der Waals surface area contributed by atoms with Crippen LogP contribution in [0.1, 0.15) is 41.5 Å². The predicted octanol–water partition coefficient (Wildman–Crippen LogP) is 2.75. The number of aryl methyl sites for hydroxylation is 1. The maximum Gasteiger partial charge on any atom is 0.305 e. The Kier molecular flexibility index (Phi) is 5.02. The molecular weight excluding hydrogens is 332 g/mol. The van der Waals surface area contributed by atoms with Crippen LogP contribution in [0.25, 0.3) is 0 Å². The number of amides is 2. The molecule has 3 N–H and O–H groups in total. The number of hydrogen-bond donors (Lipinski definition) is 3. The number of anilines is 1. The Labute approximate surface area is 151 Å². The summed E-state index contributed by atoms with van der Waals surface area (Å²) in [7, 11) is 0. The maximum atomic E-state index is 12.9. The maximum absolute atomic E-state index is 12.9. The van der Waals surface area contributed by atoms with Crippen molar-refractivity contribution >= 4 is 23.5 Å². The van der Waals surface area contributed by atoms with Crippen LogP contribution in [-0.4, -0.2) is 22.9 Å². The number of carbonyl (C=O) groups is 3. The normalized spacial score (nSPS) is 17.0. The molecule has 26 heavy (non-hydrogen) atoms. The molecule has 0 unspecified atom stereocenters. The van der Waals surface area contributed by atoms with Crippen LogP contribution in [0.2, 0.25) is 0 Å². The Morgan fingerprint density at radius 3 is 2.62 bits per heavy atom. The molecule has 0 fully saturated rings. The summed E-state index contributed by atoms with van der Waals surface area (Å²) in [4.78, 5) is 36.1. The van der Waals surface area contributed by atoms with Crippen molar-refractivity contribution in [2.75, 3.05) is 5.32 Å². The summed E-state index contributed by atoms with van der Waals surface area (Å²) in [5.41, 5.74) is 3.02. The molecule has 1 heterocycles. The number of para-hydroxylation sites is 1. The Balaban J connectivity index is 1.88. The van der Waals surface area contributed by atoms with Crippen molar-refractivity contribution in [2.45, 2.75) is 31.7 Å². The van der Waals surface area contributed by atoms with Crippen molar-refractivity contribution in [3.63, 3.8) is 0 Å². The summed E-state index contributed by atoms with van der Waals surface area (Å²) in [5.74, 6) is -2.21. The number of aliphatic carboxylic acids is 1. The highest BCUT2D eigenvalue weighted by atomic mass is 16.4. The molecule has 2 aromatic rings. The minimum absolute atomic E-state index is 0.0381. The first-order valence-corrected chi connectivity index (χ1v) is 8.42. The third-order valence-corrected chi connectivity index (χ3v) is 4.58. The summed E-state index contributed by atoms with van der Waals surface area (Å²) in [6.07, 6.45) is -0.187. The molecule has 6 nitrogen and oxygen atoms in total. The molecule has 0 aromatic heterocycles. The molecular formula is C20H20N2O4. The minimum atomic E-state index is -1.000. The van der Waals surface area contributed by atoms with Gasteiger partial charge in [-0.2, -0.15) is 0 Å². The van der Waals surface area contributed by atoms with Crippen LogP contribution in [0.4, 0.5) is 5.69 Å². The minimum Gasteiger partial charge on any atom is -0.481 e. The lowest BCUT2D eigenvalue weighted by Gasteiger charge is -2.27. The molecule has 6 heteroatoms. The van der Waals surface area contributed by atoms with Gasteiger partial charge in [-0.3, -0.25) is 14.4 Å². The van der Waals surface area contributed by atoms with Gasteiger partial charge in [0.25, 0.3) is 0 Å². The summed E-state index contributed by atoms with van der Waals surface area (Å²) in [5, 5.41) is 14.8. The molecule has 2 amide bonds. The fraction of sp³-hybridized carbons (Fsp3) is 0.250. The van der Waals surface area contributed by atoms with Gasteiger partial charge in [-0.25, -0.2) is 0 Å². The first-order valence-electron chi connectivity index (χ1n) is 8.42. The van der Waals surface area contributed by atoms with Crippen molar-refractivity contribution in [2.24, 2.45) is 0 Å². The van der Waals surface area contributed by atoms with Crippen LogP contribution < -0.4 is 10.6 Å². The van der Waals surface area contributed by atoms with Crippen LogP contribution in [0.15, 0.2) is 48.5 Å². The zero-order valence-corrected chi connectivity index (χ0v) is 14.4. The third-order valence-electron chi connectivity index (χ3n) is 4.58. The van der Waals surface area contributed by atoms with E-state index in [0.717, 1.165) is 16.7 Å². The van der Waals surface area contributed by atoms with Gasteiger partial charge in [-0.1, -0.05) is 42.5 Å². The van der Waals surface area contributed by atoms with E-state index < -0.39 is 17.9 Å². The zero-order chi connectivity index (χ0) is 18.7. The highest BCUT2D eigenvalue weighted by Crippen LogP contribution is 2.33. The van der Waals surface area contributed by atoms with E-state index in [4.69, 9.17) is 0 Å². The molecule has 2 atom stereocenters. The molecule has 0 radical (unpaired) electrons. The summed E-state index contributed by atoms with van der Waals surface area (Å²) >= 11 is 0. The number of benzene rings is 2. The third kappa shape index (κ3) is 3.74. The number of fused-ring (bicyclic) bond motifs is 1. The lowest BCUT2D eigenvalue weighted by Crippen LogP contribution is -2.38. The van der Waals surface area contributed by atoms with Crippen molar-refractivity contribution in [3.05, 3.63) is 65.2 Å². The van der Waals surface area contributed by atoms with E-state index in [9.17, 15) is 19.5 Å². The van der Waals surface area contributed by atoms with Gasteiger partial charge in [0, 0.05) is 12.1 Å². The molecule has 1 aliphatic heterocycles. The smallest absolute Gasteiger partial charge is 0.305 e. The number of nitrogens with one attached hydrogen (secondary N) is 2. The van der Waals surface area contributed by atoms with Gasteiger partial charge >= 0.3 is 5.97 Å². The van der Waals surface area contributed by atoms with Crippen molar-refractivity contribution in [1.82, 2.24) is 5.32 Å². The van der Waals surface area contributed by atoms with Gasteiger partial charge in [0.15, 0.2) is 0 Å². The molecule has 1 aliphatic rings. The van der Waals surface area contributed by atoms with Crippen LogP contribution in [0, 0.1) is 6.92 Å². The second kappa shape index (κ2) is 7.39. The van der Waals surface area contributed by atoms with Crippen molar-refractivity contribution in [1.29, 1.82) is 0 Å². The molecule has 0 saturated heterocycles. The van der Waals surface area contributed by atoms with E-state index in [2.05, 4.69) is 10.6 Å². The van der Waals surface area contributed by atoms with E-state index in [1.807, 2.05) is 37.3 Å². The van der Waals surface area contributed by atoms with Crippen molar-refractivity contribution < 1.29 is 19.5 Å². The molecule has 2 aromatic carbocycles. The lowest BCUT2D eigenvalue weighted by molar-refractivity contribution is -0.138. The number of rotatable bonds is 5. The summed E-state index contributed by atoms with van der Waals surface area (Å²) < 4.78 is 0. The molecule has 3 rings (SSSR count). The van der Waals surface area contributed by atoms with Crippen molar-refractivity contribution in [3.8, 4) is 0 Å². The van der Waals surface area contributed by atoms with E-state index in [-0.39, 0.29) is 24.7 Å². The first kappa shape index (κ1) is 17.7. The molecule has 0 saturated carbocycles. The van der Waals surface area contributed by atoms with Gasteiger partial charge < -0.3 is 15.7 Å². The van der Waals surface area contributed by atoms with E-state index in [0.29, 0.717) is 5.69 Å². The summed E-state index contributed by atoms with van der Waals surface area (Å²) in [6.45, 7) is 1.87. The average molecular weight is 352 g/mol. The van der Waals surface area contributed by atoms with E-state index in [1.54, 1.807) is 18.2 Å². The fourth-order valence-corrected chi connectivity index (χ4v) is 3.31. The van der Waals surface area contributed by atoms with E-state index >= 15 is 0 Å². The predicted molar refractivity (Wildman–Crippen MR) is 96.7 cm³/mol. The topological polar surface area (TPSA) is 95.5 Å². The summed E-state index contributed by atoms with van der Waals surface area (Å²) in [6, 6.07) is 13.9. The second-order valence-corrected chi connectivity index (χ2v) is 6.41. The van der Waals surface area contributed by atoms with Gasteiger partial charge in [-0.05, 0) is 29.7 Å². The highest BCUT2D eigenvalue weighted by molar-refractivity contribution is 6.01. The monoisotopic (exact) mass is 352 g/mol. The van der Waals surface area contributed by atoms with Crippen LogP contribution >= 0.6 is 0 Å².